The van der Waals surface area contributed by atoms with E-state index < -0.39 is 41.5 Å². The van der Waals surface area contributed by atoms with Crippen molar-refractivity contribution < 1.29 is 30.9 Å². The summed E-state index contributed by atoms with van der Waals surface area (Å²) in [7, 11) is -8.85. The molecule has 0 saturated heterocycles. The Morgan fingerprint density at radius 3 is 2.32 bits per heavy atom. The van der Waals surface area contributed by atoms with Crippen molar-refractivity contribution in [1.29, 1.82) is 0 Å². The van der Waals surface area contributed by atoms with E-state index in [9.17, 15) is 31.5 Å². The standard InChI is InChI=1S/C16H18N4O8S3/c1-10-7-12(17)15(29-5-2-6-30(23,24)25)9-14(10)19-18-13-4-3-11(20(21)22)8-16(13)31(26,27)28/h3-4,7-9H,2,5-6,17H2,1H3,(H,23,24,25)(H,26,27,28). The quantitative estimate of drug-likeness (QED) is 0.0887. The first-order chi connectivity index (χ1) is 14.3. The predicted molar refractivity (Wildman–Crippen MR) is 114 cm³/mol. The molecule has 0 spiro atoms. The molecule has 168 valence electrons. The molecule has 0 amide bonds. The van der Waals surface area contributed by atoms with E-state index in [2.05, 4.69) is 10.2 Å². The van der Waals surface area contributed by atoms with Crippen LogP contribution >= 0.6 is 11.8 Å². The van der Waals surface area contributed by atoms with Crippen molar-refractivity contribution in [3.8, 4) is 0 Å². The molecule has 2 aromatic carbocycles. The molecule has 0 aromatic heterocycles. The van der Waals surface area contributed by atoms with E-state index in [1.807, 2.05) is 0 Å². The van der Waals surface area contributed by atoms with E-state index in [1.165, 1.54) is 11.8 Å². The Labute approximate surface area is 182 Å². The first-order valence-corrected chi connectivity index (χ1v) is 12.5. The number of rotatable bonds is 9. The number of hydrogen-bond acceptors (Lipinski definition) is 10. The van der Waals surface area contributed by atoms with Gasteiger partial charge in [0.15, 0.2) is 0 Å². The van der Waals surface area contributed by atoms with Gasteiger partial charge in [-0.3, -0.25) is 19.2 Å². The zero-order valence-electron chi connectivity index (χ0n) is 16.0. The van der Waals surface area contributed by atoms with Crippen LogP contribution in [0.15, 0.2) is 50.4 Å². The Balaban J connectivity index is 2.33. The van der Waals surface area contributed by atoms with E-state index in [1.54, 1.807) is 19.1 Å². The van der Waals surface area contributed by atoms with Crippen LogP contribution in [-0.4, -0.2) is 42.4 Å². The van der Waals surface area contributed by atoms with Crippen LogP contribution in [0.4, 0.5) is 22.7 Å². The molecule has 15 heteroatoms. The molecule has 0 unspecified atom stereocenters. The fourth-order valence-electron chi connectivity index (χ4n) is 2.37. The van der Waals surface area contributed by atoms with Crippen molar-refractivity contribution in [2.75, 3.05) is 17.2 Å². The average molecular weight is 491 g/mol. The SMILES string of the molecule is Cc1cc(N)c(SCCCS(=O)(=O)O)cc1N=Nc1ccc([N+](=O)[O-])cc1S(=O)(=O)O. The minimum atomic E-state index is -4.80. The largest absolute Gasteiger partial charge is 0.398 e. The number of benzene rings is 2. The van der Waals surface area contributed by atoms with Crippen molar-refractivity contribution >= 4 is 54.7 Å². The summed E-state index contributed by atoms with van der Waals surface area (Å²) in [5, 5.41) is 18.6. The topological polar surface area (TPSA) is 203 Å². The van der Waals surface area contributed by atoms with E-state index in [4.69, 9.17) is 10.3 Å². The van der Waals surface area contributed by atoms with Crippen molar-refractivity contribution in [2.24, 2.45) is 10.2 Å². The molecule has 0 bridgehead atoms. The number of nitrogen functional groups attached to an aromatic ring is 1. The summed E-state index contributed by atoms with van der Waals surface area (Å²) in [6.07, 6.45) is 0.189. The molecule has 0 aliphatic heterocycles. The maximum atomic E-state index is 11.6. The number of non-ortho nitro benzene ring substituents is 1. The number of nitro groups is 1. The van der Waals surface area contributed by atoms with Crippen LogP contribution in [0.1, 0.15) is 12.0 Å². The molecule has 2 rings (SSSR count). The smallest absolute Gasteiger partial charge is 0.297 e. The van der Waals surface area contributed by atoms with Crippen LogP contribution < -0.4 is 5.73 Å². The zero-order chi connectivity index (χ0) is 23.4. The van der Waals surface area contributed by atoms with Crippen LogP contribution in [0.25, 0.3) is 0 Å². The van der Waals surface area contributed by atoms with Gasteiger partial charge in [0.2, 0.25) is 0 Å². The minimum absolute atomic E-state index is 0.189. The van der Waals surface area contributed by atoms with Gasteiger partial charge in [-0.1, -0.05) is 0 Å². The Morgan fingerprint density at radius 1 is 1.10 bits per heavy atom. The maximum Gasteiger partial charge on any atom is 0.297 e. The third kappa shape index (κ3) is 7.25. The highest BCUT2D eigenvalue weighted by atomic mass is 32.2. The molecule has 0 fully saturated rings. The fraction of sp³-hybridized carbons (Fsp3) is 0.250. The van der Waals surface area contributed by atoms with Crippen molar-refractivity contribution in [3.05, 3.63) is 46.0 Å². The van der Waals surface area contributed by atoms with Gasteiger partial charge in [0.1, 0.15) is 10.6 Å². The van der Waals surface area contributed by atoms with E-state index in [0.717, 1.165) is 12.1 Å². The third-order valence-electron chi connectivity index (χ3n) is 3.83. The zero-order valence-corrected chi connectivity index (χ0v) is 18.4. The number of azo groups is 1. The number of hydrogen-bond donors (Lipinski definition) is 3. The summed E-state index contributed by atoms with van der Waals surface area (Å²) in [5.74, 6) is -0.0459. The van der Waals surface area contributed by atoms with Gasteiger partial charge in [-0.05, 0) is 42.9 Å². The van der Waals surface area contributed by atoms with Crippen LogP contribution in [0.5, 0.6) is 0 Å². The summed E-state index contributed by atoms with van der Waals surface area (Å²) >= 11 is 1.23. The second-order valence-corrected chi connectivity index (χ2v) is 10.3. The van der Waals surface area contributed by atoms with Crippen LogP contribution in [0.3, 0.4) is 0 Å². The normalized spacial score (nSPS) is 12.4. The summed E-state index contributed by atoms with van der Waals surface area (Å²) in [6, 6.07) is 5.90. The second-order valence-electron chi connectivity index (χ2n) is 6.25. The van der Waals surface area contributed by atoms with E-state index in [0.29, 0.717) is 33.7 Å². The number of thioether (sulfide) groups is 1. The lowest BCUT2D eigenvalue weighted by atomic mass is 10.2. The monoisotopic (exact) mass is 490 g/mol. The number of anilines is 1. The lowest BCUT2D eigenvalue weighted by Crippen LogP contribution is -2.04. The highest BCUT2D eigenvalue weighted by Crippen LogP contribution is 2.35. The summed E-state index contributed by atoms with van der Waals surface area (Å²) in [4.78, 5) is 9.85. The van der Waals surface area contributed by atoms with E-state index in [-0.39, 0.29) is 12.1 Å². The minimum Gasteiger partial charge on any atom is -0.398 e. The highest BCUT2D eigenvalue weighted by Gasteiger charge is 2.20. The first-order valence-electron chi connectivity index (χ1n) is 8.43. The summed E-state index contributed by atoms with van der Waals surface area (Å²) < 4.78 is 62.8. The number of nitrogens with two attached hydrogens (primary N) is 1. The van der Waals surface area contributed by atoms with Gasteiger partial charge in [0.05, 0.1) is 16.4 Å². The van der Waals surface area contributed by atoms with Gasteiger partial charge in [0.25, 0.3) is 25.9 Å². The Morgan fingerprint density at radius 2 is 1.74 bits per heavy atom. The summed E-state index contributed by atoms with van der Waals surface area (Å²) in [6.45, 7) is 1.68. The lowest BCUT2D eigenvalue weighted by Gasteiger charge is -2.09. The molecule has 0 aliphatic rings. The van der Waals surface area contributed by atoms with Gasteiger partial charge in [-0.15, -0.1) is 16.9 Å². The van der Waals surface area contributed by atoms with Crippen LogP contribution in [-0.2, 0) is 20.2 Å². The van der Waals surface area contributed by atoms with E-state index >= 15 is 0 Å². The number of nitro benzene ring substituents is 1. The molecular weight excluding hydrogens is 472 g/mol. The fourth-order valence-corrected chi connectivity index (χ4v) is 4.63. The molecule has 12 nitrogen and oxygen atoms in total. The molecule has 0 radical (unpaired) electrons. The predicted octanol–water partition coefficient (Wildman–Crippen LogP) is 3.52. The molecule has 2 aromatic rings. The molecule has 0 saturated carbocycles. The molecule has 0 atom stereocenters. The number of aryl methyl sites for hydroxylation is 1. The Bertz CT molecular complexity index is 1240. The number of nitrogens with zero attached hydrogens (tertiary/aromatic N) is 3. The summed E-state index contributed by atoms with van der Waals surface area (Å²) in [5.41, 5.74) is 6.42. The van der Waals surface area contributed by atoms with Gasteiger partial charge in [-0.2, -0.15) is 21.9 Å². The second kappa shape index (κ2) is 9.69. The molecule has 4 N–H and O–H groups in total. The van der Waals surface area contributed by atoms with Crippen molar-refractivity contribution in [1.82, 2.24) is 0 Å². The molecule has 0 heterocycles. The van der Waals surface area contributed by atoms with Crippen molar-refractivity contribution in [3.63, 3.8) is 0 Å². The Hall–Kier alpha value is -2.59. The third-order valence-corrected chi connectivity index (χ3v) is 6.67. The molecular formula is C16H18N4O8S3. The van der Waals surface area contributed by atoms with Gasteiger partial charge in [-0.25, -0.2) is 0 Å². The van der Waals surface area contributed by atoms with Crippen molar-refractivity contribution in [2.45, 2.75) is 23.1 Å². The van der Waals surface area contributed by atoms with Crippen LogP contribution in [0, 0.1) is 17.0 Å². The van der Waals surface area contributed by atoms with Crippen LogP contribution in [0.2, 0.25) is 0 Å². The van der Waals surface area contributed by atoms with Gasteiger partial charge >= 0.3 is 0 Å². The lowest BCUT2D eigenvalue weighted by molar-refractivity contribution is -0.385. The van der Waals surface area contributed by atoms with Gasteiger partial charge in [0, 0.05) is 22.7 Å². The molecule has 0 aliphatic carbocycles. The average Bonchev–Trinajstić information content (AvgIpc) is 2.64. The maximum absolute atomic E-state index is 11.6. The van der Waals surface area contributed by atoms with Gasteiger partial charge < -0.3 is 5.73 Å². The first kappa shape index (κ1) is 24.7. The molecule has 31 heavy (non-hydrogen) atoms. The highest BCUT2D eigenvalue weighted by molar-refractivity contribution is 7.99. The Kier molecular flexibility index (Phi) is 7.72.